The number of aliphatic hydroxyl groups is 2. The molecule has 0 aliphatic carbocycles. The van der Waals surface area contributed by atoms with E-state index >= 15 is 0 Å². The maximum absolute atomic E-state index is 15.0. The number of benzene rings is 1. The van der Waals surface area contributed by atoms with Crippen LogP contribution in [0.5, 0.6) is 5.75 Å². The Labute approximate surface area is 465 Å². The fourth-order valence-electron chi connectivity index (χ4n) is 10.2. The Morgan fingerprint density at radius 2 is 1.54 bits per heavy atom. The number of nitrogens with one attached hydrogen (secondary N) is 3. The lowest BCUT2D eigenvalue weighted by atomic mass is 9.91. The molecule has 2 saturated heterocycles. The highest BCUT2D eigenvalue weighted by Gasteiger charge is 2.45. The zero-order valence-corrected chi connectivity index (χ0v) is 48.6. The quantitative estimate of drug-likeness (QED) is 0.0955. The SMILES string of the molecule is CC[C@H](C)[C@H]1NC(=O)[C@@H](NC(=O)[C@@H](CC(C)C)N(C)C(=O)[C@@H]2C=CCN2C(=O)[C@H](C)O)[C@H](C)OC(=O)[C@H](Cc2ccc(OC)cc2)N(C)C(=O)[C@@H]2CCCN2C(=O)[C@@H](CC(C)C)NC(=O)[C@@H](C)C(=O)[C@@H](C(C)C)OC(=O)C[C@H]1O. The average molecular weight is 1110 g/mol. The first-order chi connectivity index (χ1) is 37.0. The topological polar surface area (TPSA) is 288 Å². The second-order valence-electron chi connectivity index (χ2n) is 22.6. The van der Waals surface area contributed by atoms with Gasteiger partial charge in [-0.3, -0.25) is 43.2 Å². The van der Waals surface area contributed by atoms with Crippen LogP contribution in [0.25, 0.3) is 0 Å². The van der Waals surface area contributed by atoms with Gasteiger partial charge in [-0.05, 0) is 87.8 Å². The Bertz CT molecular complexity index is 2380. The predicted octanol–water partition coefficient (Wildman–Crippen LogP) is 2.09. The number of esters is 2. The third-order valence-electron chi connectivity index (χ3n) is 15.2. The molecule has 1 aromatic rings. The summed E-state index contributed by atoms with van der Waals surface area (Å²) in [5.74, 6) is -10.5. The van der Waals surface area contributed by atoms with Gasteiger partial charge in [-0.15, -0.1) is 0 Å². The second-order valence-corrected chi connectivity index (χ2v) is 22.6. The van der Waals surface area contributed by atoms with Crippen LogP contribution in [-0.2, 0) is 63.8 Å². The molecule has 3 aliphatic rings. The zero-order chi connectivity index (χ0) is 59.3. The van der Waals surface area contributed by atoms with Crippen molar-refractivity contribution in [2.75, 3.05) is 34.3 Å². The largest absolute Gasteiger partial charge is 0.497 e. The van der Waals surface area contributed by atoms with Crippen molar-refractivity contribution in [1.82, 2.24) is 35.6 Å². The molecule has 22 nitrogen and oxygen atoms in total. The minimum atomic E-state index is -1.78. The number of fused-ring (bicyclic) bond motifs is 1. The fraction of sp³-hybridized carbons (Fsp3) is 0.684. The van der Waals surface area contributed by atoms with Crippen molar-refractivity contribution in [3.8, 4) is 5.75 Å². The molecular weight excluding hydrogens is 1020 g/mol. The van der Waals surface area contributed by atoms with Crippen LogP contribution in [0.1, 0.15) is 120 Å². The second kappa shape index (κ2) is 29.2. The summed E-state index contributed by atoms with van der Waals surface area (Å²) in [6.45, 7) is 18.1. The monoisotopic (exact) mass is 1110 g/mol. The molecule has 1 aromatic carbocycles. The Hall–Kier alpha value is -6.42. The van der Waals surface area contributed by atoms with Crippen LogP contribution in [-0.4, -0.2) is 190 Å². The first kappa shape index (κ1) is 65.1. The fourth-order valence-corrected chi connectivity index (χ4v) is 10.2. The summed E-state index contributed by atoms with van der Waals surface area (Å²) in [7, 11) is 4.25. The number of nitrogens with zero attached hydrogens (tertiary/aromatic N) is 4. The molecule has 2 fully saturated rings. The van der Waals surface area contributed by atoms with E-state index in [-0.39, 0.29) is 50.6 Å². The van der Waals surface area contributed by atoms with Crippen molar-refractivity contribution in [2.24, 2.45) is 29.6 Å². The number of methoxy groups -OCH3 is 1. The predicted molar refractivity (Wildman–Crippen MR) is 290 cm³/mol. The minimum absolute atomic E-state index is 0.0330. The van der Waals surface area contributed by atoms with E-state index in [1.54, 1.807) is 58.0 Å². The van der Waals surface area contributed by atoms with E-state index in [0.29, 0.717) is 24.2 Å². The number of carbonyl (C=O) groups excluding carboxylic acids is 10. The first-order valence-corrected chi connectivity index (χ1v) is 27.7. The van der Waals surface area contributed by atoms with E-state index in [0.717, 1.165) is 4.90 Å². The van der Waals surface area contributed by atoms with Crippen molar-refractivity contribution in [1.29, 1.82) is 0 Å². The number of amides is 7. The van der Waals surface area contributed by atoms with Gasteiger partial charge in [-0.2, -0.15) is 0 Å². The number of rotatable bonds is 15. The Morgan fingerprint density at radius 3 is 2.11 bits per heavy atom. The van der Waals surface area contributed by atoms with E-state index in [9.17, 15) is 58.2 Å². The van der Waals surface area contributed by atoms with Gasteiger partial charge >= 0.3 is 11.9 Å². The summed E-state index contributed by atoms with van der Waals surface area (Å²) in [5, 5.41) is 30.2. The Balaban J connectivity index is 1.89. The van der Waals surface area contributed by atoms with Crippen molar-refractivity contribution in [3.63, 3.8) is 0 Å². The molecule has 0 radical (unpaired) electrons. The van der Waals surface area contributed by atoms with Crippen LogP contribution >= 0.6 is 0 Å². The van der Waals surface area contributed by atoms with E-state index in [1.807, 2.05) is 27.7 Å². The number of hydrogen-bond acceptors (Lipinski definition) is 15. The van der Waals surface area contributed by atoms with Crippen molar-refractivity contribution < 1.29 is 72.4 Å². The van der Waals surface area contributed by atoms with E-state index in [2.05, 4.69) is 16.0 Å². The molecule has 0 saturated carbocycles. The molecule has 3 aliphatic heterocycles. The molecule has 5 N–H and O–H groups in total. The van der Waals surface area contributed by atoms with Crippen LogP contribution in [0.4, 0.5) is 0 Å². The van der Waals surface area contributed by atoms with Gasteiger partial charge in [0.25, 0.3) is 5.91 Å². The number of ether oxygens (including phenoxy) is 3. The number of likely N-dealkylation sites (N-methyl/N-ethyl adjacent to an activating group) is 2. The maximum atomic E-state index is 15.0. The van der Waals surface area contributed by atoms with Gasteiger partial charge in [0.05, 0.1) is 31.6 Å². The van der Waals surface area contributed by atoms with Crippen LogP contribution in [0.15, 0.2) is 36.4 Å². The van der Waals surface area contributed by atoms with Gasteiger partial charge in [-0.1, -0.05) is 86.1 Å². The van der Waals surface area contributed by atoms with Crippen molar-refractivity contribution in [2.45, 2.75) is 188 Å². The van der Waals surface area contributed by atoms with Gasteiger partial charge < -0.3 is 60.0 Å². The third kappa shape index (κ3) is 16.8. The number of carbonyl (C=O) groups is 10. The highest BCUT2D eigenvalue weighted by Crippen LogP contribution is 2.27. The van der Waals surface area contributed by atoms with Crippen LogP contribution < -0.4 is 20.7 Å². The highest BCUT2D eigenvalue weighted by atomic mass is 16.6. The molecular formula is C57H87N7O15. The van der Waals surface area contributed by atoms with E-state index in [1.165, 1.54) is 62.8 Å². The smallest absolute Gasteiger partial charge is 0.329 e. The maximum Gasteiger partial charge on any atom is 0.329 e. The number of Topliss-reactive ketones (excluding diaryl/α,β-unsaturated/α-hetero) is 1. The molecule has 3 heterocycles. The van der Waals surface area contributed by atoms with Gasteiger partial charge in [0.1, 0.15) is 54.2 Å². The van der Waals surface area contributed by atoms with Crippen LogP contribution in [0, 0.1) is 29.6 Å². The first-order valence-electron chi connectivity index (χ1n) is 27.7. The van der Waals surface area contributed by atoms with Gasteiger partial charge in [0.2, 0.25) is 35.4 Å². The summed E-state index contributed by atoms with van der Waals surface area (Å²) < 4.78 is 17.2. The van der Waals surface area contributed by atoms with Crippen molar-refractivity contribution >= 4 is 59.1 Å². The average Bonchev–Trinajstić information content (AvgIpc) is 4.13. The zero-order valence-electron chi connectivity index (χ0n) is 48.6. The van der Waals surface area contributed by atoms with Crippen LogP contribution in [0.3, 0.4) is 0 Å². The van der Waals surface area contributed by atoms with E-state index in [4.69, 9.17) is 14.2 Å². The lowest BCUT2D eigenvalue weighted by Crippen LogP contribution is -2.62. The number of hydrogen-bond donors (Lipinski definition) is 5. The molecule has 0 bridgehead atoms. The van der Waals surface area contributed by atoms with Gasteiger partial charge in [0, 0.05) is 33.6 Å². The van der Waals surface area contributed by atoms with Gasteiger partial charge in [-0.25, -0.2) is 4.79 Å². The minimum Gasteiger partial charge on any atom is -0.497 e. The molecule has 440 valence electrons. The highest BCUT2D eigenvalue weighted by molar-refractivity contribution is 6.05. The Morgan fingerprint density at radius 1 is 0.899 bits per heavy atom. The van der Waals surface area contributed by atoms with Gasteiger partial charge in [0.15, 0.2) is 11.9 Å². The lowest BCUT2D eigenvalue weighted by molar-refractivity contribution is -0.163. The molecule has 0 spiro atoms. The molecule has 7 amide bonds. The summed E-state index contributed by atoms with van der Waals surface area (Å²) in [6.07, 6.45) is -2.77. The Kier molecular flexibility index (Phi) is 24.0. The number of cyclic esters (lactones) is 2. The number of aliphatic hydroxyl groups excluding tert-OH is 2. The molecule has 22 heteroatoms. The molecule has 79 heavy (non-hydrogen) atoms. The summed E-state index contributed by atoms with van der Waals surface area (Å²) >= 11 is 0. The summed E-state index contributed by atoms with van der Waals surface area (Å²) in [4.78, 5) is 148. The molecule has 4 rings (SSSR count). The molecule has 0 unspecified atom stereocenters. The number of ketones is 1. The van der Waals surface area contributed by atoms with E-state index < -0.39 is 150 Å². The van der Waals surface area contributed by atoms with Crippen LogP contribution in [0.2, 0.25) is 0 Å². The van der Waals surface area contributed by atoms with Crippen molar-refractivity contribution in [3.05, 3.63) is 42.0 Å². The normalized spacial score (nSPS) is 27.5. The third-order valence-corrected chi connectivity index (χ3v) is 15.2. The molecule has 13 atom stereocenters. The standard InChI is InChI=1S/C57H87N7O15/c1-15-33(8)46-44(66)29-45(67)79-49(32(6)7)48(68)34(9)50(69)58-39(26-30(2)3)54(73)64-25-17-19-41(64)56(75)62(13)43(28-37-20-22-38(77-14)23-21-37)57(76)78-36(11)47(52(71)59-46)60-51(70)42(27-31(4)5)61(12)55(74)40-18-16-24-63(40)53(72)35(10)65/h16,18,20-23,30-36,39-44,46-47,49,65-66H,15,17,19,24-29H2,1-14H3,(H,58,69)(H,59,71)(H,60,70)/t33-,34-,35-,36-,39+,40-,41-,42+,43-,44+,46+,47-,49+/m0/s1. The summed E-state index contributed by atoms with van der Waals surface area (Å²) in [5.41, 5.74) is 0.566. The molecule has 0 aromatic heterocycles. The summed E-state index contributed by atoms with van der Waals surface area (Å²) in [6, 6.07) is -2.45. The lowest BCUT2D eigenvalue weighted by Gasteiger charge is -2.36.